The Morgan fingerprint density at radius 1 is 1.00 bits per heavy atom. The van der Waals surface area contributed by atoms with E-state index in [0.29, 0.717) is 38.0 Å². The number of likely N-dealkylation sites (tertiary alicyclic amines) is 1. The number of thioether (sulfide) groups is 1. The second-order valence-electron chi connectivity index (χ2n) is 9.92. The first-order chi connectivity index (χ1) is 16.8. The molecule has 3 saturated heterocycles. The van der Waals surface area contributed by atoms with E-state index in [1.807, 2.05) is 16.7 Å². The molecule has 0 saturated carbocycles. The minimum absolute atomic E-state index is 0. The number of rotatable bonds is 4. The summed E-state index contributed by atoms with van der Waals surface area (Å²) in [7, 11) is 0. The smallest absolute Gasteiger partial charge is 0.274 e. The molecule has 6 rings (SSSR count). The Kier molecular flexibility index (Phi) is 9.08. The van der Waals surface area contributed by atoms with Crippen molar-refractivity contribution in [3.05, 3.63) is 35.5 Å². The summed E-state index contributed by atoms with van der Waals surface area (Å²) in [6.45, 7) is 7.61. The second kappa shape index (κ2) is 12.1. The van der Waals surface area contributed by atoms with Crippen molar-refractivity contribution in [2.45, 2.75) is 42.4 Å². The number of hydrogen-bond donors (Lipinski definition) is 0. The van der Waals surface area contributed by atoms with Gasteiger partial charge in [-0.15, -0.1) is 11.8 Å². The van der Waals surface area contributed by atoms with Crippen LogP contribution in [0.15, 0.2) is 29.2 Å². The highest BCUT2D eigenvalue weighted by Crippen LogP contribution is 2.44. The molecule has 5 heterocycles. The molecule has 1 amide bonds. The van der Waals surface area contributed by atoms with Gasteiger partial charge in [-0.1, -0.05) is 18.2 Å². The summed E-state index contributed by atoms with van der Waals surface area (Å²) in [6.07, 6.45) is 4.62. The first-order valence-corrected chi connectivity index (χ1v) is 13.8. The number of morpholine rings is 1. The zero-order valence-corrected chi connectivity index (χ0v) is 21.6. The molecule has 0 aliphatic carbocycles. The molecule has 1 unspecified atom stereocenters. The van der Waals surface area contributed by atoms with Gasteiger partial charge in [-0.2, -0.15) is 5.10 Å². The highest BCUT2D eigenvalue weighted by atomic mass is 32.2. The number of benzene rings is 1. The second-order valence-corrected chi connectivity index (χ2v) is 10.9. The van der Waals surface area contributed by atoms with Crippen LogP contribution in [0.25, 0.3) is 11.3 Å². The Labute approximate surface area is 216 Å². The Balaban J connectivity index is 0.00000152. The van der Waals surface area contributed by atoms with Crippen LogP contribution in [0.1, 0.15) is 47.8 Å². The lowest BCUT2D eigenvalue weighted by Gasteiger charge is -2.36. The van der Waals surface area contributed by atoms with Gasteiger partial charge in [0.05, 0.1) is 24.9 Å². The topological polar surface area (TPSA) is 123 Å². The monoisotopic (exact) mass is 518 g/mol. The predicted molar refractivity (Wildman–Crippen MR) is 139 cm³/mol. The van der Waals surface area contributed by atoms with Gasteiger partial charge in [-0.05, 0) is 44.2 Å². The summed E-state index contributed by atoms with van der Waals surface area (Å²) in [5.74, 6) is 1.60. The van der Waals surface area contributed by atoms with E-state index in [4.69, 9.17) is 14.6 Å². The zero-order chi connectivity index (χ0) is 22.9. The maximum Gasteiger partial charge on any atom is 0.274 e. The molecule has 0 spiro atoms. The number of ether oxygens (including phenoxy) is 2. The lowest BCUT2D eigenvalue weighted by molar-refractivity contribution is 0.0297. The fourth-order valence-electron chi connectivity index (χ4n) is 5.87. The van der Waals surface area contributed by atoms with Gasteiger partial charge >= 0.3 is 0 Å². The number of hydrogen-bond acceptors (Lipinski definition) is 6. The molecule has 0 bridgehead atoms. The van der Waals surface area contributed by atoms with E-state index in [9.17, 15) is 4.79 Å². The van der Waals surface area contributed by atoms with Crippen LogP contribution in [0, 0.1) is 5.92 Å². The fourth-order valence-corrected chi connectivity index (χ4v) is 6.94. The van der Waals surface area contributed by atoms with Crippen molar-refractivity contribution in [3.8, 4) is 11.3 Å². The maximum absolute atomic E-state index is 13.6. The van der Waals surface area contributed by atoms with Crippen molar-refractivity contribution in [1.82, 2.24) is 19.6 Å². The van der Waals surface area contributed by atoms with Crippen LogP contribution in [0.3, 0.4) is 0 Å². The Morgan fingerprint density at radius 2 is 1.75 bits per heavy atom. The number of amides is 1. The molecular weight excluding hydrogens is 480 g/mol. The molecule has 1 aromatic heterocycles. The van der Waals surface area contributed by atoms with E-state index in [1.165, 1.54) is 35.4 Å². The Bertz CT molecular complexity index is 1040. The number of carbonyl (C=O) groups is 1. The standard InChI is InChI=1S/C26H34N4O3S.2H2O/c31-26(29-10-14-33-15-11-29)24-22-18-34-23-6-2-1-5-21(23)25(22)30(27-24)20-4-3-9-28(17-20)16-19-7-12-32-13-8-19;;/h1-2,5-6,19-20H,3-4,7-18H2;2*1H2. The molecule has 4 aliphatic rings. The third kappa shape index (κ3) is 5.34. The van der Waals surface area contributed by atoms with Crippen LogP contribution >= 0.6 is 11.8 Å². The quantitative estimate of drug-likeness (QED) is 0.610. The fraction of sp³-hybridized carbons (Fsp3) is 0.615. The SMILES string of the molecule is O.O.O=C(c1nn(C2CCCN(CC3CCOCC3)C2)c2c1CSc1ccccc1-2)N1CCOCC1. The van der Waals surface area contributed by atoms with E-state index in [0.717, 1.165) is 56.5 Å². The van der Waals surface area contributed by atoms with E-state index in [1.54, 1.807) is 0 Å². The summed E-state index contributed by atoms with van der Waals surface area (Å²) in [5, 5.41) is 5.10. The predicted octanol–water partition coefficient (Wildman–Crippen LogP) is 2.04. The number of aromatic nitrogens is 2. The summed E-state index contributed by atoms with van der Waals surface area (Å²) < 4.78 is 13.3. The van der Waals surface area contributed by atoms with Crippen molar-refractivity contribution in [1.29, 1.82) is 0 Å². The van der Waals surface area contributed by atoms with Crippen molar-refractivity contribution < 1.29 is 25.2 Å². The van der Waals surface area contributed by atoms with E-state index in [2.05, 4.69) is 33.8 Å². The van der Waals surface area contributed by atoms with Crippen LogP contribution in [0.4, 0.5) is 0 Å². The Hall–Kier alpha value is -1.95. The molecule has 2 aromatic rings. The van der Waals surface area contributed by atoms with Gasteiger partial charge in [0.15, 0.2) is 5.69 Å². The number of nitrogens with zero attached hydrogens (tertiary/aromatic N) is 4. The van der Waals surface area contributed by atoms with Crippen LogP contribution in [0.5, 0.6) is 0 Å². The lowest BCUT2D eigenvalue weighted by Crippen LogP contribution is -2.41. The Morgan fingerprint density at radius 3 is 2.56 bits per heavy atom. The van der Waals surface area contributed by atoms with Gasteiger partial charge < -0.3 is 30.2 Å². The molecule has 10 heteroatoms. The van der Waals surface area contributed by atoms with Crippen LogP contribution in [0.2, 0.25) is 0 Å². The molecule has 36 heavy (non-hydrogen) atoms. The largest absolute Gasteiger partial charge is 0.412 e. The molecule has 1 aromatic carbocycles. The molecular formula is C26H38N4O5S. The minimum atomic E-state index is 0. The van der Waals surface area contributed by atoms with Gasteiger partial charge in [0, 0.05) is 61.2 Å². The average molecular weight is 519 g/mol. The highest BCUT2D eigenvalue weighted by Gasteiger charge is 2.35. The van der Waals surface area contributed by atoms with Gasteiger partial charge in [0.1, 0.15) is 0 Å². The number of carbonyl (C=O) groups excluding carboxylic acids is 1. The van der Waals surface area contributed by atoms with Gasteiger partial charge in [-0.3, -0.25) is 9.48 Å². The molecule has 3 fully saturated rings. The summed E-state index contributed by atoms with van der Waals surface area (Å²) in [4.78, 5) is 19.4. The first-order valence-electron chi connectivity index (χ1n) is 12.8. The van der Waals surface area contributed by atoms with Crippen LogP contribution < -0.4 is 0 Å². The highest BCUT2D eigenvalue weighted by molar-refractivity contribution is 7.98. The van der Waals surface area contributed by atoms with Gasteiger partial charge in [0.2, 0.25) is 0 Å². The maximum atomic E-state index is 13.6. The molecule has 4 aliphatic heterocycles. The zero-order valence-electron chi connectivity index (χ0n) is 20.8. The lowest BCUT2D eigenvalue weighted by atomic mass is 9.97. The van der Waals surface area contributed by atoms with Gasteiger partial charge in [0.25, 0.3) is 5.91 Å². The first kappa shape index (κ1) is 27.1. The summed E-state index contributed by atoms with van der Waals surface area (Å²) in [6, 6.07) is 8.90. The molecule has 4 N–H and O–H groups in total. The van der Waals surface area contributed by atoms with Crippen LogP contribution in [-0.2, 0) is 15.2 Å². The third-order valence-electron chi connectivity index (χ3n) is 7.71. The van der Waals surface area contributed by atoms with E-state index in [-0.39, 0.29) is 16.9 Å². The van der Waals surface area contributed by atoms with E-state index < -0.39 is 0 Å². The normalized spacial score (nSPS) is 22.7. The average Bonchev–Trinajstić information content (AvgIpc) is 3.30. The van der Waals surface area contributed by atoms with E-state index >= 15 is 0 Å². The molecule has 9 nitrogen and oxygen atoms in total. The number of piperidine rings is 1. The summed E-state index contributed by atoms with van der Waals surface area (Å²) in [5.41, 5.74) is 4.16. The minimum Gasteiger partial charge on any atom is -0.412 e. The van der Waals surface area contributed by atoms with Crippen molar-refractivity contribution >= 4 is 17.7 Å². The van der Waals surface area contributed by atoms with Crippen molar-refractivity contribution in [3.63, 3.8) is 0 Å². The van der Waals surface area contributed by atoms with Crippen LogP contribution in [-0.4, -0.2) is 95.6 Å². The molecule has 198 valence electrons. The molecule has 0 radical (unpaired) electrons. The van der Waals surface area contributed by atoms with Gasteiger partial charge in [-0.25, -0.2) is 0 Å². The number of fused-ring (bicyclic) bond motifs is 3. The summed E-state index contributed by atoms with van der Waals surface area (Å²) >= 11 is 1.82. The third-order valence-corrected chi connectivity index (χ3v) is 8.81. The van der Waals surface area contributed by atoms with Crippen molar-refractivity contribution in [2.24, 2.45) is 5.92 Å². The molecule has 1 atom stereocenters. The van der Waals surface area contributed by atoms with Crippen molar-refractivity contribution in [2.75, 3.05) is 59.2 Å².